The molecule has 0 aliphatic carbocycles. The minimum absolute atomic E-state index is 0.220. The van der Waals surface area contributed by atoms with Crippen LogP contribution in [0.3, 0.4) is 0 Å². The summed E-state index contributed by atoms with van der Waals surface area (Å²) in [7, 11) is 0. The fourth-order valence-corrected chi connectivity index (χ4v) is 1.23. The van der Waals surface area contributed by atoms with Crippen LogP contribution < -0.4 is 11.1 Å². The molecule has 5 N–H and O–H groups in total. The van der Waals surface area contributed by atoms with Crippen molar-refractivity contribution < 1.29 is 15.0 Å². The van der Waals surface area contributed by atoms with Crippen molar-refractivity contribution >= 4 is 5.91 Å². The summed E-state index contributed by atoms with van der Waals surface area (Å²) in [6.45, 7) is 5.14. The second-order valence-electron chi connectivity index (χ2n) is 4.52. The Kier molecular flexibility index (Phi) is 5.92. The first-order valence-electron chi connectivity index (χ1n) is 5.68. The van der Waals surface area contributed by atoms with Gasteiger partial charge in [-0.2, -0.15) is 0 Å². The van der Waals surface area contributed by atoms with E-state index in [4.69, 9.17) is 5.73 Å². The molecule has 0 aliphatic heterocycles. The molecule has 1 atom stereocenters. The second-order valence-corrected chi connectivity index (χ2v) is 4.52. The molecule has 96 valence electrons. The van der Waals surface area contributed by atoms with Crippen LogP contribution in [0.25, 0.3) is 0 Å². The van der Waals surface area contributed by atoms with Crippen LogP contribution in [0.5, 0.6) is 0 Å². The van der Waals surface area contributed by atoms with E-state index in [2.05, 4.69) is 5.32 Å². The maximum absolute atomic E-state index is 12.0. The average molecular weight is 232 g/mol. The minimum atomic E-state index is -0.942. The molecule has 0 fully saturated rings. The summed E-state index contributed by atoms with van der Waals surface area (Å²) < 4.78 is 0. The Hall–Kier alpha value is -0.650. The molecule has 16 heavy (non-hydrogen) atoms. The van der Waals surface area contributed by atoms with Gasteiger partial charge in [0, 0.05) is 6.54 Å². The highest BCUT2D eigenvalue weighted by Gasteiger charge is 2.36. The van der Waals surface area contributed by atoms with E-state index in [9.17, 15) is 15.0 Å². The van der Waals surface area contributed by atoms with Crippen LogP contribution in [0, 0.1) is 5.41 Å². The molecule has 0 aliphatic rings. The molecule has 0 saturated carbocycles. The second kappa shape index (κ2) is 6.18. The quantitative estimate of drug-likeness (QED) is 0.481. The minimum Gasteiger partial charge on any atom is -0.394 e. The first kappa shape index (κ1) is 15.3. The number of rotatable bonds is 7. The number of nitrogens with one attached hydrogen (secondary N) is 1. The summed E-state index contributed by atoms with van der Waals surface area (Å²) in [6.07, 6.45) is 1.09. The Morgan fingerprint density at radius 1 is 1.25 bits per heavy atom. The summed E-state index contributed by atoms with van der Waals surface area (Å²) in [6, 6.07) is 0. The molecule has 0 radical (unpaired) electrons. The number of amides is 1. The Bertz CT molecular complexity index is 215. The monoisotopic (exact) mass is 232 g/mol. The van der Waals surface area contributed by atoms with Crippen LogP contribution in [0.15, 0.2) is 0 Å². The van der Waals surface area contributed by atoms with Gasteiger partial charge in [-0.05, 0) is 19.8 Å². The number of carbonyl (C=O) groups excluding carboxylic acids is 1. The van der Waals surface area contributed by atoms with E-state index < -0.39 is 11.0 Å². The summed E-state index contributed by atoms with van der Waals surface area (Å²) in [5, 5.41) is 21.2. The van der Waals surface area contributed by atoms with Crippen molar-refractivity contribution in [3.63, 3.8) is 0 Å². The smallest absolute Gasteiger partial charge is 0.227 e. The zero-order chi connectivity index (χ0) is 12.8. The van der Waals surface area contributed by atoms with Crippen molar-refractivity contribution in [1.29, 1.82) is 0 Å². The highest BCUT2D eigenvalue weighted by atomic mass is 16.3. The lowest BCUT2D eigenvalue weighted by atomic mass is 9.85. The van der Waals surface area contributed by atoms with Gasteiger partial charge in [-0.3, -0.25) is 4.79 Å². The van der Waals surface area contributed by atoms with E-state index in [-0.39, 0.29) is 25.7 Å². The van der Waals surface area contributed by atoms with Gasteiger partial charge in [0.25, 0.3) is 0 Å². The van der Waals surface area contributed by atoms with Gasteiger partial charge in [-0.1, -0.05) is 13.8 Å². The zero-order valence-corrected chi connectivity index (χ0v) is 10.4. The number of carbonyl (C=O) groups is 1. The van der Waals surface area contributed by atoms with Gasteiger partial charge in [-0.25, -0.2) is 0 Å². The third-order valence-corrected chi connectivity index (χ3v) is 3.44. The molecule has 0 heterocycles. The predicted octanol–water partition coefficient (Wildman–Crippen LogP) is -0.389. The molecule has 0 bridgehead atoms. The van der Waals surface area contributed by atoms with Gasteiger partial charge >= 0.3 is 0 Å². The van der Waals surface area contributed by atoms with Gasteiger partial charge in [0.05, 0.1) is 24.2 Å². The third-order valence-electron chi connectivity index (χ3n) is 3.44. The van der Waals surface area contributed by atoms with Crippen LogP contribution in [0.2, 0.25) is 0 Å². The van der Waals surface area contributed by atoms with Crippen molar-refractivity contribution in [2.24, 2.45) is 11.1 Å². The normalized spacial score (nSPS) is 15.6. The Balaban J connectivity index is 4.76. The lowest BCUT2D eigenvalue weighted by Gasteiger charge is -2.34. The summed E-state index contributed by atoms with van der Waals surface area (Å²) >= 11 is 0. The molecule has 0 aromatic carbocycles. The van der Waals surface area contributed by atoms with Gasteiger partial charge in [0.1, 0.15) is 0 Å². The van der Waals surface area contributed by atoms with Crippen LogP contribution in [-0.2, 0) is 4.79 Å². The average Bonchev–Trinajstić information content (AvgIpc) is 2.34. The Labute approximate surface area is 97.0 Å². The van der Waals surface area contributed by atoms with Gasteiger partial charge < -0.3 is 21.3 Å². The van der Waals surface area contributed by atoms with Crippen LogP contribution in [0.4, 0.5) is 0 Å². The van der Waals surface area contributed by atoms with Gasteiger partial charge in [0.2, 0.25) is 5.91 Å². The first-order chi connectivity index (χ1) is 7.43. The Morgan fingerprint density at radius 3 is 2.00 bits per heavy atom. The van der Waals surface area contributed by atoms with E-state index in [1.165, 1.54) is 0 Å². The van der Waals surface area contributed by atoms with E-state index >= 15 is 0 Å². The van der Waals surface area contributed by atoms with Crippen LogP contribution in [0.1, 0.15) is 33.6 Å². The fourth-order valence-electron chi connectivity index (χ4n) is 1.23. The van der Waals surface area contributed by atoms with E-state index in [0.29, 0.717) is 12.8 Å². The number of aliphatic hydroxyl groups excluding tert-OH is 2. The molecule has 0 rings (SSSR count). The van der Waals surface area contributed by atoms with Gasteiger partial charge in [-0.15, -0.1) is 0 Å². The lowest BCUT2D eigenvalue weighted by molar-refractivity contribution is -0.133. The first-order valence-corrected chi connectivity index (χ1v) is 5.68. The number of hydrogen-bond donors (Lipinski definition) is 4. The summed E-state index contributed by atoms with van der Waals surface area (Å²) in [5.74, 6) is -0.220. The summed E-state index contributed by atoms with van der Waals surface area (Å²) in [4.78, 5) is 12.0. The van der Waals surface area contributed by atoms with E-state index in [1.807, 2.05) is 6.92 Å². The lowest BCUT2D eigenvalue weighted by Crippen LogP contribution is -2.58. The highest BCUT2D eigenvalue weighted by Crippen LogP contribution is 2.21. The number of hydrogen-bond acceptors (Lipinski definition) is 4. The molecule has 0 saturated heterocycles. The van der Waals surface area contributed by atoms with Crippen molar-refractivity contribution in [3.05, 3.63) is 0 Å². The van der Waals surface area contributed by atoms with Crippen molar-refractivity contribution in [2.45, 2.75) is 39.2 Å². The Morgan fingerprint density at radius 2 is 1.75 bits per heavy atom. The van der Waals surface area contributed by atoms with Gasteiger partial charge in [0.15, 0.2) is 0 Å². The molecule has 0 aromatic rings. The van der Waals surface area contributed by atoms with Crippen molar-refractivity contribution in [3.8, 4) is 0 Å². The zero-order valence-electron chi connectivity index (χ0n) is 10.4. The SMILES string of the molecule is CCC(CO)(CO)NC(=O)C(C)(CC)CN. The highest BCUT2D eigenvalue weighted by molar-refractivity contribution is 5.83. The van der Waals surface area contributed by atoms with Crippen molar-refractivity contribution in [1.82, 2.24) is 5.32 Å². The maximum atomic E-state index is 12.0. The van der Waals surface area contributed by atoms with Crippen LogP contribution in [-0.4, -0.2) is 41.4 Å². The predicted molar refractivity (Wildman–Crippen MR) is 62.8 cm³/mol. The molecule has 5 nitrogen and oxygen atoms in total. The molecule has 0 aromatic heterocycles. The fraction of sp³-hybridized carbons (Fsp3) is 0.909. The molecule has 1 unspecified atom stereocenters. The molecule has 5 heteroatoms. The standard InChI is InChI=1S/C11H24N2O3/c1-4-10(3,6-12)9(16)13-11(5-2,7-14)8-15/h14-15H,4-8,12H2,1-3H3,(H,13,16). The molecular formula is C11H24N2O3. The van der Waals surface area contributed by atoms with Crippen molar-refractivity contribution in [2.75, 3.05) is 19.8 Å². The number of nitrogens with two attached hydrogens (primary N) is 1. The summed E-state index contributed by atoms with van der Waals surface area (Å²) in [5.41, 5.74) is 3.99. The third kappa shape index (κ3) is 3.17. The van der Waals surface area contributed by atoms with E-state index in [1.54, 1.807) is 13.8 Å². The molecule has 0 spiro atoms. The van der Waals surface area contributed by atoms with E-state index in [0.717, 1.165) is 0 Å². The largest absolute Gasteiger partial charge is 0.394 e. The topological polar surface area (TPSA) is 95.6 Å². The number of aliphatic hydroxyl groups is 2. The van der Waals surface area contributed by atoms with Crippen LogP contribution >= 0.6 is 0 Å². The molecule has 1 amide bonds. The molecular weight excluding hydrogens is 208 g/mol. The maximum Gasteiger partial charge on any atom is 0.227 e.